The Morgan fingerprint density at radius 1 is 1.11 bits per heavy atom. The summed E-state index contributed by atoms with van der Waals surface area (Å²) < 4.78 is 42.2. The summed E-state index contributed by atoms with van der Waals surface area (Å²) in [4.78, 5) is 0. The van der Waals surface area contributed by atoms with E-state index < -0.39 is 11.9 Å². The Labute approximate surface area is 107 Å². The molecule has 0 saturated carbocycles. The average Bonchev–Trinajstić information content (AvgIpc) is 2.32. The van der Waals surface area contributed by atoms with Gasteiger partial charge in [0.15, 0.2) is 5.69 Å². The molecule has 7 heteroatoms. The summed E-state index contributed by atoms with van der Waals surface area (Å²) in [5, 5.41) is 6.45. The molecule has 100 valence electrons. The highest BCUT2D eigenvalue weighted by Gasteiger charge is 2.32. The van der Waals surface area contributed by atoms with Gasteiger partial charge in [0.2, 0.25) is 5.88 Å². The van der Waals surface area contributed by atoms with E-state index in [1.165, 1.54) is 0 Å². The molecule has 2 aromatic rings. The maximum Gasteiger partial charge on any atom is 0.435 e. The highest BCUT2D eigenvalue weighted by molar-refractivity contribution is 5.48. The molecule has 19 heavy (non-hydrogen) atoms. The van der Waals surface area contributed by atoms with Gasteiger partial charge in [-0.3, -0.25) is 0 Å². The second kappa shape index (κ2) is 4.75. The van der Waals surface area contributed by atoms with Crippen molar-refractivity contribution in [1.29, 1.82) is 0 Å². The van der Waals surface area contributed by atoms with E-state index in [-0.39, 0.29) is 5.88 Å². The Bertz CT molecular complexity index is 582. The van der Waals surface area contributed by atoms with E-state index in [2.05, 4.69) is 10.2 Å². The number of rotatable bonds is 2. The maximum absolute atomic E-state index is 12.3. The first-order valence-electron chi connectivity index (χ1n) is 5.31. The topological polar surface area (TPSA) is 61.0 Å². The molecule has 1 aromatic carbocycles. The van der Waals surface area contributed by atoms with Crippen LogP contribution >= 0.6 is 0 Å². The molecule has 0 bridgehead atoms. The number of nitrogen functional groups attached to an aromatic ring is 1. The lowest BCUT2D eigenvalue weighted by molar-refractivity contribution is -0.141. The minimum absolute atomic E-state index is 0.0131. The van der Waals surface area contributed by atoms with Gasteiger partial charge in [-0.25, -0.2) is 0 Å². The van der Waals surface area contributed by atoms with Gasteiger partial charge in [-0.05, 0) is 36.8 Å². The quantitative estimate of drug-likeness (QED) is 0.850. The number of nitrogens with two attached hydrogens (primary N) is 1. The third-order valence-corrected chi connectivity index (χ3v) is 2.34. The van der Waals surface area contributed by atoms with E-state index in [4.69, 9.17) is 10.5 Å². The highest BCUT2D eigenvalue weighted by atomic mass is 19.4. The maximum atomic E-state index is 12.3. The molecule has 0 saturated heterocycles. The van der Waals surface area contributed by atoms with E-state index in [0.717, 1.165) is 17.7 Å². The summed E-state index contributed by atoms with van der Waals surface area (Å²) in [6.07, 6.45) is -4.51. The number of hydrogen-bond donors (Lipinski definition) is 1. The first kappa shape index (κ1) is 13.1. The number of ether oxygens (including phenoxy) is 1. The van der Waals surface area contributed by atoms with Crippen LogP contribution in [0.1, 0.15) is 11.3 Å². The third kappa shape index (κ3) is 3.12. The number of nitrogens with zero attached hydrogens (tertiary/aromatic N) is 2. The first-order chi connectivity index (χ1) is 8.86. The molecule has 0 radical (unpaired) electrons. The van der Waals surface area contributed by atoms with E-state index in [0.29, 0.717) is 11.4 Å². The van der Waals surface area contributed by atoms with Crippen LogP contribution in [0.2, 0.25) is 0 Å². The molecule has 0 aliphatic heterocycles. The predicted octanol–water partition coefficient (Wildman–Crippen LogP) is 3.18. The third-order valence-electron chi connectivity index (χ3n) is 2.34. The summed E-state index contributed by atoms with van der Waals surface area (Å²) >= 11 is 0. The Kier molecular flexibility index (Phi) is 3.28. The van der Waals surface area contributed by atoms with Crippen LogP contribution in [0.25, 0.3) is 0 Å². The van der Waals surface area contributed by atoms with Crippen LogP contribution < -0.4 is 10.5 Å². The highest BCUT2D eigenvalue weighted by Crippen LogP contribution is 2.29. The van der Waals surface area contributed by atoms with Crippen molar-refractivity contribution in [2.45, 2.75) is 13.1 Å². The van der Waals surface area contributed by atoms with Crippen molar-refractivity contribution in [2.24, 2.45) is 0 Å². The van der Waals surface area contributed by atoms with Crippen molar-refractivity contribution >= 4 is 5.69 Å². The SMILES string of the molecule is Cc1cc(N)ccc1Oc1ccc(C(F)(F)F)nn1. The van der Waals surface area contributed by atoms with Crippen molar-refractivity contribution in [3.63, 3.8) is 0 Å². The molecule has 4 nitrogen and oxygen atoms in total. The van der Waals surface area contributed by atoms with Crippen LogP contribution in [-0.2, 0) is 6.18 Å². The lowest BCUT2D eigenvalue weighted by Gasteiger charge is -2.09. The zero-order valence-electron chi connectivity index (χ0n) is 9.90. The van der Waals surface area contributed by atoms with Gasteiger partial charge >= 0.3 is 6.18 Å². The molecule has 2 rings (SSSR count). The van der Waals surface area contributed by atoms with Crippen LogP contribution in [0.3, 0.4) is 0 Å². The Balaban J connectivity index is 2.20. The van der Waals surface area contributed by atoms with E-state index in [1.807, 2.05) is 0 Å². The van der Waals surface area contributed by atoms with Crippen LogP contribution in [0.15, 0.2) is 30.3 Å². The molecule has 2 N–H and O–H groups in total. The minimum Gasteiger partial charge on any atom is -0.437 e. The molecular weight excluding hydrogens is 259 g/mol. The van der Waals surface area contributed by atoms with E-state index in [1.54, 1.807) is 25.1 Å². The zero-order chi connectivity index (χ0) is 14.0. The molecule has 0 amide bonds. The van der Waals surface area contributed by atoms with Crippen LogP contribution in [0, 0.1) is 6.92 Å². The van der Waals surface area contributed by atoms with E-state index in [9.17, 15) is 13.2 Å². The predicted molar refractivity (Wildman–Crippen MR) is 62.7 cm³/mol. The summed E-state index contributed by atoms with van der Waals surface area (Å²) in [5.74, 6) is 0.448. The fourth-order valence-corrected chi connectivity index (χ4v) is 1.43. The molecule has 0 spiro atoms. The van der Waals surface area contributed by atoms with Gasteiger partial charge in [0.1, 0.15) is 5.75 Å². The molecule has 0 atom stereocenters. The van der Waals surface area contributed by atoms with Crippen LogP contribution in [0.5, 0.6) is 11.6 Å². The number of halogens is 3. The first-order valence-corrected chi connectivity index (χ1v) is 5.31. The normalized spacial score (nSPS) is 11.4. The van der Waals surface area contributed by atoms with Gasteiger partial charge in [-0.2, -0.15) is 13.2 Å². The van der Waals surface area contributed by atoms with E-state index >= 15 is 0 Å². The number of alkyl halides is 3. The lowest BCUT2D eigenvalue weighted by atomic mass is 10.2. The van der Waals surface area contributed by atoms with Crippen molar-refractivity contribution in [1.82, 2.24) is 10.2 Å². The molecule has 1 aromatic heterocycles. The summed E-state index contributed by atoms with van der Waals surface area (Å²) in [5.41, 5.74) is 5.84. The molecule has 0 unspecified atom stereocenters. The molecule has 0 aliphatic carbocycles. The standard InChI is InChI=1S/C12H10F3N3O/c1-7-6-8(16)2-3-9(7)19-11-5-4-10(17-18-11)12(13,14)15/h2-6H,16H2,1H3. The van der Waals surface area contributed by atoms with Gasteiger partial charge in [-0.1, -0.05) is 0 Å². The van der Waals surface area contributed by atoms with Crippen molar-refractivity contribution in [2.75, 3.05) is 5.73 Å². The molecule has 1 heterocycles. The largest absolute Gasteiger partial charge is 0.437 e. The van der Waals surface area contributed by atoms with Crippen LogP contribution in [-0.4, -0.2) is 10.2 Å². The zero-order valence-corrected chi connectivity index (χ0v) is 9.90. The summed E-state index contributed by atoms with van der Waals surface area (Å²) in [6.45, 7) is 1.77. The van der Waals surface area contributed by atoms with Gasteiger partial charge in [0, 0.05) is 11.8 Å². The summed E-state index contributed by atoms with van der Waals surface area (Å²) in [6, 6.07) is 6.86. The number of anilines is 1. The van der Waals surface area contributed by atoms with Gasteiger partial charge in [0.05, 0.1) is 0 Å². The molecule has 0 aliphatic rings. The fourth-order valence-electron chi connectivity index (χ4n) is 1.43. The average molecular weight is 269 g/mol. The number of aromatic nitrogens is 2. The number of hydrogen-bond acceptors (Lipinski definition) is 4. The molecular formula is C12H10F3N3O. The lowest BCUT2D eigenvalue weighted by Crippen LogP contribution is -2.08. The monoisotopic (exact) mass is 269 g/mol. The Hall–Kier alpha value is -2.31. The smallest absolute Gasteiger partial charge is 0.435 e. The molecule has 0 fully saturated rings. The summed E-state index contributed by atoms with van der Waals surface area (Å²) in [7, 11) is 0. The fraction of sp³-hybridized carbons (Fsp3) is 0.167. The van der Waals surface area contributed by atoms with Gasteiger partial charge in [-0.15, -0.1) is 10.2 Å². The Morgan fingerprint density at radius 2 is 1.84 bits per heavy atom. The second-order valence-electron chi connectivity index (χ2n) is 3.88. The minimum atomic E-state index is -4.51. The van der Waals surface area contributed by atoms with Gasteiger partial charge in [0.25, 0.3) is 0 Å². The number of benzene rings is 1. The second-order valence-corrected chi connectivity index (χ2v) is 3.88. The number of aryl methyl sites for hydroxylation is 1. The van der Waals surface area contributed by atoms with Crippen LogP contribution in [0.4, 0.5) is 18.9 Å². The van der Waals surface area contributed by atoms with Crippen molar-refractivity contribution in [3.8, 4) is 11.6 Å². The Morgan fingerprint density at radius 3 is 2.37 bits per heavy atom. The van der Waals surface area contributed by atoms with Gasteiger partial charge < -0.3 is 10.5 Å². The van der Waals surface area contributed by atoms with Crippen molar-refractivity contribution in [3.05, 3.63) is 41.6 Å². The van der Waals surface area contributed by atoms with Crippen molar-refractivity contribution < 1.29 is 17.9 Å².